The second-order valence-corrected chi connectivity index (χ2v) is 4.94. The Balaban J connectivity index is 2.12. The molecule has 0 aliphatic heterocycles. The summed E-state index contributed by atoms with van der Waals surface area (Å²) in [5, 5.41) is 3.91. The Labute approximate surface area is 116 Å². The largest absolute Gasteiger partial charge is 0.359 e. The average Bonchev–Trinajstić information content (AvgIpc) is 2.94. The molecule has 0 saturated heterocycles. The normalized spacial score (nSPS) is 11.3. The van der Waals surface area contributed by atoms with Crippen molar-refractivity contribution in [2.75, 3.05) is 0 Å². The monoisotopic (exact) mass is 275 g/mol. The fourth-order valence-corrected chi connectivity index (χ4v) is 2.41. The molecule has 0 atom stereocenters. The van der Waals surface area contributed by atoms with Crippen LogP contribution in [0.25, 0.3) is 11.0 Å². The summed E-state index contributed by atoms with van der Waals surface area (Å²) >= 11 is 5.99. The summed E-state index contributed by atoms with van der Waals surface area (Å²) < 4.78 is 7.35. The number of nitrogens with zero attached hydrogens (tertiary/aromatic N) is 3. The molecule has 2 aromatic heterocycles. The van der Waals surface area contributed by atoms with Gasteiger partial charge in [-0.2, -0.15) is 0 Å². The first-order valence-corrected chi connectivity index (χ1v) is 6.65. The van der Waals surface area contributed by atoms with Crippen LogP contribution >= 0.6 is 11.6 Å². The number of hydrogen-bond acceptors (Lipinski definition) is 3. The first-order valence-electron chi connectivity index (χ1n) is 6.11. The summed E-state index contributed by atoms with van der Waals surface area (Å²) in [4.78, 5) is 4.54. The number of hydrogen-bond donors (Lipinski definition) is 0. The first kappa shape index (κ1) is 12.2. The molecular weight excluding hydrogens is 262 g/mol. The van der Waals surface area contributed by atoms with Gasteiger partial charge in [0.05, 0.1) is 29.2 Å². The fraction of sp³-hybridized carbons (Fsp3) is 0.286. The van der Waals surface area contributed by atoms with Crippen molar-refractivity contribution in [3.05, 3.63) is 47.1 Å². The number of fused-ring (bicyclic) bond motifs is 1. The predicted molar refractivity (Wildman–Crippen MR) is 74.4 cm³/mol. The number of imidazole rings is 1. The van der Waals surface area contributed by atoms with Crippen molar-refractivity contribution in [2.24, 2.45) is 0 Å². The Hall–Kier alpha value is -1.81. The van der Waals surface area contributed by atoms with Gasteiger partial charge in [-0.3, -0.25) is 0 Å². The van der Waals surface area contributed by atoms with Crippen LogP contribution in [0.1, 0.15) is 22.8 Å². The summed E-state index contributed by atoms with van der Waals surface area (Å²) in [6.45, 7) is 4.57. The molecule has 5 heteroatoms. The highest BCUT2D eigenvalue weighted by molar-refractivity contribution is 6.16. The lowest BCUT2D eigenvalue weighted by Crippen LogP contribution is -2.03. The van der Waals surface area contributed by atoms with E-state index in [1.54, 1.807) is 0 Å². The van der Waals surface area contributed by atoms with Gasteiger partial charge < -0.3 is 9.09 Å². The Morgan fingerprint density at radius 2 is 2.11 bits per heavy atom. The Morgan fingerprint density at radius 3 is 2.79 bits per heavy atom. The third-order valence-corrected chi connectivity index (χ3v) is 3.33. The van der Waals surface area contributed by atoms with Crippen molar-refractivity contribution in [3.63, 3.8) is 0 Å². The minimum atomic E-state index is 0.376. The molecule has 0 fully saturated rings. The zero-order chi connectivity index (χ0) is 13.4. The molecule has 0 aliphatic carbocycles. The molecule has 0 unspecified atom stereocenters. The van der Waals surface area contributed by atoms with Crippen molar-refractivity contribution < 1.29 is 4.52 Å². The van der Waals surface area contributed by atoms with Gasteiger partial charge in [-0.15, -0.1) is 11.6 Å². The number of alkyl halides is 1. The highest BCUT2D eigenvalue weighted by Gasteiger charge is 2.12. The van der Waals surface area contributed by atoms with Crippen LogP contribution in [0.3, 0.4) is 0 Å². The predicted octanol–water partition coefficient (Wildman–Crippen LogP) is 3.43. The van der Waals surface area contributed by atoms with Gasteiger partial charge in [-0.1, -0.05) is 11.2 Å². The standard InChI is InChI=1S/C14H14ClN3O/c1-9-3-4-12-13(5-9)18(14(7-15)16-12)8-11-6-10(2)17-19-11/h3-6H,7-8H2,1-2H3. The van der Waals surface area contributed by atoms with E-state index < -0.39 is 0 Å². The molecule has 0 saturated carbocycles. The van der Waals surface area contributed by atoms with Gasteiger partial charge in [0.1, 0.15) is 5.82 Å². The van der Waals surface area contributed by atoms with Gasteiger partial charge in [0.25, 0.3) is 0 Å². The second-order valence-electron chi connectivity index (χ2n) is 4.67. The van der Waals surface area contributed by atoms with Crippen molar-refractivity contribution >= 4 is 22.6 Å². The fourth-order valence-electron chi connectivity index (χ4n) is 2.21. The molecule has 3 aromatic rings. The molecule has 2 heterocycles. The summed E-state index contributed by atoms with van der Waals surface area (Å²) in [5.74, 6) is 2.03. The summed E-state index contributed by atoms with van der Waals surface area (Å²) in [5.41, 5.74) is 4.11. The summed E-state index contributed by atoms with van der Waals surface area (Å²) in [6, 6.07) is 8.11. The molecule has 98 valence electrons. The minimum absolute atomic E-state index is 0.376. The van der Waals surface area contributed by atoms with Crippen LogP contribution in [-0.4, -0.2) is 14.7 Å². The molecule has 1 aromatic carbocycles. The molecule has 0 spiro atoms. The van der Waals surface area contributed by atoms with Crippen LogP contribution in [0.5, 0.6) is 0 Å². The van der Waals surface area contributed by atoms with E-state index in [2.05, 4.69) is 33.8 Å². The molecule has 0 amide bonds. The van der Waals surface area contributed by atoms with Crippen LogP contribution < -0.4 is 0 Å². The molecule has 0 N–H and O–H groups in total. The number of aromatic nitrogens is 3. The maximum Gasteiger partial charge on any atom is 0.156 e. The Morgan fingerprint density at radius 1 is 1.26 bits per heavy atom. The molecule has 0 radical (unpaired) electrons. The van der Waals surface area contributed by atoms with Crippen molar-refractivity contribution in [1.82, 2.24) is 14.7 Å². The lowest BCUT2D eigenvalue weighted by atomic mass is 10.2. The SMILES string of the molecule is Cc1ccc2nc(CCl)n(Cc3cc(C)no3)c2c1. The minimum Gasteiger partial charge on any atom is -0.359 e. The van der Waals surface area contributed by atoms with Gasteiger partial charge >= 0.3 is 0 Å². The van der Waals surface area contributed by atoms with Crippen LogP contribution in [0.2, 0.25) is 0 Å². The number of aryl methyl sites for hydroxylation is 2. The molecule has 19 heavy (non-hydrogen) atoms. The van der Waals surface area contributed by atoms with Gasteiger partial charge in [-0.25, -0.2) is 4.98 Å². The molecule has 0 bridgehead atoms. The maximum atomic E-state index is 5.99. The van der Waals surface area contributed by atoms with E-state index in [9.17, 15) is 0 Å². The summed E-state index contributed by atoms with van der Waals surface area (Å²) in [6.07, 6.45) is 0. The molecule has 3 rings (SSSR count). The van der Waals surface area contributed by atoms with Gasteiger partial charge in [0, 0.05) is 6.07 Å². The topological polar surface area (TPSA) is 43.9 Å². The van der Waals surface area contributed by atoms with Gasteiger partial charge in [0.15, 0.2) is 5.76 Å². The van der Waals surface area contributed by atoms with E-state index >= 15 is 0 Å². The number of benzene rings is 1. The van der Waals surface area contributed by atoms with Crippen LogP contribution in [0.15, 0.2) is 28.8 Å². The van der Waals surface area contributed by atoms with Crippen LogP contribution in [0, 0.1) is 13.8 Å². The highest BCUT2D eigenvalue weighted by Crippen LogP contribution is 2.20. The zero-order valence-corrected chi connectivity index (χ0v) is 11.6. The van der Waals surface area contributed by atoms with E-state index in [0.717, 1.165) is 28.3 Å². The lowest BCUT2D eigenvalue weighted by Gasteiger charge is -2.05. The highest BCUT2D eigenvalue weighted by atomic mass is 35.5. The first-order chi connectivity index (χ1) is 9.17. The van der Waals surface area contributed by atoms with Gasteiger partial charge in [0.2, 0.25) is 0 Å². The van der Waals surface area contributed by atoms with Crippen LogP contribution in [-0.2, 0) is 12.4 Å². The molecular formula is C14H14ClN3O. The summed E-state index contributed by atoms with van der Waals surface area (Å²) in [7, 11) is 0. The third-order valence-electron chi connectivity index (χ3n) is 3.09. The van der Waals surface area contributed by atoms with Crippen molar-refractivity contribution in [2.45, 2.75) is 26.3 Å². The van der Waals surface area contributed by atoms with E-state index in [1.807, 2.05) is 19.1 Å². The van der Waals surface area contributed by atoms with Crippen molar-refractivity contribution in [3.8, 4) is 0 Å². The Bertz CT molecular complexity index is 729. The molecule has 0 aliphatic rings. The second kappa shape index (κ2) is 4.70. The lowest BCUT2D eigenvalue weighted by molar-refractivity contribution is 0.373. The third kappa shape index (κ3) is 2.24. The average molecular weight is 276 g/mol. The Kier molecular flexibility index (Phi) is 3.03. The quantitative estimate of drug-likeness (QED) is 0.688. The van der Waals surface area contributed by atoms with Gasteiger partial charge in [-0.05, 0) is 31.5 Å². The maximum absolute atomic E-state index is 5.99. The van der Waals surface area contributed by atoms with E-state index in [-0.39, 0.29) is 0 Å². The van der Waals surface area contributed by atoms with E-state index in [1.165, 1.54) is 5.56 Å². The molecule has 4 nitrogen and oxygen atoms in total. The van der Waals surface area contributed by atoms with E-state index in [4.69, 9.17) is 16.1 Å². The smallest absolute Gasteiger partial charge is 0.156 e. The van der Waals surface area contributed by atoms with E-state index in [0.29, 0.717) is 12.4 Å². The number of halogens is 1. The number of rotatable bonds is 3. The van der Waals surface area contributed by atoms with Crippen molar-refractivity contribution in [1.29, 1.82) is 0 Å². The van der Waals surface area contributed by atoms with Crippen LogP contribution in [0.4, 0.5) is 0 Å². The zero-order valence-electron chi connectivity index (χ0n) is 10.9.